The summed E-state index contributed by atoms with van der Waals surface area (Å²) in [6.07, 6.45) is 12.6. The Hall–Kier alpha value is -2.80. The fourth-order valence-corrected chi connectivity index (χ4v) is 19.3. The van der Waals surface area contributed by atoms with Gasteiger partial charge in [0.2, 0.25) is 5.82 Å². The molecule has 19 nitrogen and oxygen atoms in total. The zero-order chi connectivity index (χ0) is 102. The Morgan fingerprint density at radius 1 is 0.326 bits per heavy atom. The average molecular weight is 1890 g/mol. The number of likely N-dealkylation sites (tertiary alicyclic amines) is 8. The fraction of sp³-hybridized carbons (Fsp3) is 0.962. The number of rotatable bonds is 1. The predicted octanol–water partition coefficient (Wildman–Crippen LogP) is 23.2. The molecule has 0 radical (unpaired) electrons. The Bertz CT molecular complexity index is 3440. The maximum atomic E-state index is 13.4. The molecule has 132 heavy (non-hydrogen) atoms. The molecule has 11 aliphatic heterocycles. The van der Waals surface area contributed by atoms with Crippen molar-refractivity contribution in [3.8, 4) is 0 Å². The quantitative estimate of drug-likeness (QED) is 0.272. The number of nitrogens with zero attached hydrogens (tertiary/aromatic N) is 18. The van der Waals surface area contributed by atoms with Crippen LogP contribution in [0.3, 0.4) is 0 Å². The van der Waals surface area contributed by atoms with Crippen molar-refractivity contribution >= 4 is 0 Å². The molecule has 0 atom stereocenters. The molecule has 0 unspecified atom stereocenters. The van der Waals surface area contributed by atoms with Crippen molar-refractivity contribution in [1.29, 1.82) is 0 Å². The largest absolute Gasteiger partial charge is 0.453 e. The van der Waals surface area contributed by atoms with Crippen LogP contribution in [0.4, 0.5) is 35.1 Å². The Labute approximate surface area is 805 Å². The number of alkyl halides is 8. The van der Waals surface area contributed by atoms with Gasteiger partial charge in [-0.1, -0.05) is 20.3 Å². The van der Waals surface area contributed by atoms with Crippen LogP contribution in [0.5, 0.6) is 0 Å². The Kier molecular flexibility index (Phi) is 45.2. The van der Waals surface area contributed by atoms with Crippen LogP contribution in [0.2, 0.25) is 0 Å². The summed E-state index contributed by atoms with van der Waals surface area (Å²) < 4.78 is 105. The summed E-state index contributed by atoms with van der Waals surface area (Å²) in [7, 11) is 2.19. The summed E-state index contributed by atoms with van der Waals surface area (Å²) in [5.41, 5.74) is 1.93. The van der Waals surface area contributed by atoms with Gasteiger partial charge in [-0.05, 0) is 412 Å². The molecule has 0 spiro atoms. The molecule has 2 aromatic rings. The van der Waals surface area contributed by atoms with E-state index in [1.54, 1.807) is 16.4 Å². The molecule has 0 saturated carbocycles. The second kappa shape index (κ2) is 48.3. The average Bonchev–Trinajstić information content (AvgIpc) is 1.03. The van der Waals surface area contributed by atoms with Crippen molar-refractivity contribution in [1.82, 2.24) is 88.3 Å². The topological polar surface area (TPSA) is 121 Å². The first-order valence-corrected chi connectivity index (χ1v) is 51.2. The van der Waals surface area contributed by atoms with E-state index < -0.39 is 35.1 Å². The third-order valence-corrected chi connectivity index (χ3v) is 28.3. The highest BCUT2D eigenvalue weighted by molar-refractivity contribution is 5.07. The van der Waals surface area contributed by atoms with Crippen molar-refractivity contribution in [2.24, 2.45) is 11.8 Å². The maximum Gasteiger partial charge on any atom is 0.453 e. The van der Waals surface area contributed by atoms with Crippen molar-refractivity contribution in [2.75, 3.05) is 138 Å². The van der Waals surface area contributed by atoms with Gasteiger partial charge in [-0.15, -0.1) is 15.3 Å². The lowest BCUT2D eigenvalue weighted by atomic mass is 9.76. The van der Waals surface area contributed by atoms with E-state index in [1.165, 1.54) is 147 Å². The number of fused-ring (bicyclic) bond motifs is 2. The highest BCUT2D eigenvalue weighted by atomic mass is 19.4. The molecule has 27 heteroatoms. The first-order valence-electron chi connectivity index (χ1n) is 51.2. The number of aliphatic hydroxyl groups is 1. The van der Waals surface area contributed by atoms with E-state index in [2.05, 4.69) is 310 Å². The van der Waals surface area contributed by atoms with Gasteiger partial charge in [0, 0.05) is 164 Å². The molecule has 1 N–H and O–H groups in total. The molecule has 13 heterocycles. The minimum absolute atomic E-state index is 0.0199. The lowest BCUT2D eigenvalue weighted by Gasteiger charge is -2.59. The number of hydrogen-bond acceptors (Lipinski definition) is 17. The van der Waals surface area contributed by atoms with E-state index in [0.717, 1.165) is 64.3 Å². The number of likely N-dealkylation sites (N-methyl/N-ethyl adjacent to an activating group) is 1. The van der Waals surface area contributed by atoms with Gasteiger partial charge < -0.3 is 14.6 Å². The van der Waals surface area contributed by atoms with Crippen LogP contribution in [0.1, 0.15) is 404 Å². The van der Waals surface area contributed by atoms with Crippen molar-refractivity contribution < 1.29 is 40.2 Å². The summed E-state index contributed by atoms with van der Waals surface area (Å²) in [6.45, 7) is 114. The molecule has 11 aliphatic rings. The molecule has 0 bridgehead atoms. The molecule has 13 rings (SSSR count). The lowest BCUT2D eigenvalue weighted by molar-refractivity contribution is -0.160. The van der Waals surface area contributed by atoms with Gasteiger partial charge in [-0.2, -0.15) is 22.0 Å². The number of halogens is 8. The van der Waals surface area contributed by atoms with Crippen LogP contribution in [-0.2, 0) is 38.3 Å². The van der Waals surface area contributed by atoms with Gasteiger partial charge in [0.1, 0.15) is 17.3 Å². The normalized spacial score (nSPS) is 23.2. The summed E-state index contributed by atoms with van der Waals surface area (Å²) in [6, 6.07) is 0. The van der Waals surface area contributed by atoms with Crippen LogP contribution in [0.25, 0.3) is 0 Å². The van der Waals surface area contributed by atoms with E-state index >= 15 is 0 Å². The molecule has 0 amide bonds. The van der Waals surface area contributed by atoms with E-state index in [4.69, 9.17) is 0 Å². The first kappa shape index (κ1) is 123. The van der Waals surface area contributed by atoms with Gasteiger partial charge >= 0.3 is 12.1 Å². The second-order valence-electron chi connectivity index (χ2n) is 53.4. The van der Waals surface area contributed by atoms with E-state index in [-0.39, 0.29) is 52.1 Å². The predicted molar refractivity (Wildman–Crippen MR) is 541 cm³/mol. The van der Waals surface area contributed by atoms with Gasteiger partial charge in [0.05, 0.1) is 38.3 Å². The molecule has 2 aromatic heterocycles. The standard InChI is InChI=1S/C13H27N.C11H18F2N4.C10H15F3N4.C10H20FN.C10H21NO.C10H21N.C9H20N2.C9H19N.2C8H17N.C7H13F2N/c1-11(2,3)14-12(4,5)9-8-10-13(14,6)7;1-10(2,3)16-5-6-17-8(7-16)14-15-9(17)11(4,12)13;1-9(2,3)16-4-5-17-7(6-16)14-8(15-17)10(11,12)13;1-9(2,3)12-7-5-10(4,11)6-8-12;1-9(2,3)11-7-5-10(4,12)6-8-11;1-9-5-7-11(8-6-9)10(2,3)4;1-9(2,3)11-7-5-10(4)6-8-11;1-9(2,3)10-7-5-4-6-8-10;1-7-5-9(6-7)8(2,3)4;1-8(2,3)9-6-4-5-7-9;1-6(2,3)10-4-7(8,9)5-10/h8-10H2,1-7H3;5-7H2,1-4H3;4-6H2,1-3H3;5-8H2,1-4H3;12H,5-8H2,1-4H3;9H,5-8H2,1-4H3;5-8H2,1-4H3;4-8H2,1-3H3;7H,5-6H2,1-4H3;4-7H2,1-3H3;4-5H2,1-3H3. The minimum atomic E-state index is -4.46. The smallest absolute Gasteiger partial charge is 0.390 e. The van der Waals surface area contributed by atoms with Gasteiger partial charge in [-0.25, -0.2) is 22.8 Å². The molecule has 0 aromatic carbocycles. The van der Waals surface area contributed by atoms with Crippen LogP contribution >= 0.6 is 0 Å². The van der Waals surface area contributed by atoms with E-state index in [9.17, 15) is 40.2 Å². The zero-order valence-corrected chi connectivity index (χ0v) is 93.5. The first-order chi connectivity index (χ1) is 59.1. The number of aromatic nitrogens is 6. The fourth-order valence-electron chi connectivity index (χ4n) is 19.3. The zero-order valence-electron chi connectivity index (χ0n) is 93.5. The summed E-state index contributed by atoms with van der Waals surface area (Å²) >= 11 is 0. The van der Waals surface area contributed by atoms with Crippen LogP contribution in [0.15, 0.2) is 0 Å². The molecular formula is C105H208F8N18O. The molecular weight excluding hydrogens is 1680 g/mol. The molecule has 780 valence electrons. The second-order valence-corrected chi connectivity index (χ2v) is 53.4. The number of hydrogen-bond donors (Lipinski definition) is 1. The lowest BCUT2D eigenvalue weighted by Crippen LogP contribution is -2.65. The Morgan fingerprint density at radius 2 is 0.652 bits per heavy atom. The summed E-state index contributed by atoms with van der Waals surface area (Å²) in [5.74, 6) is -3.70. The van der Waals surface area contributed by atoms with Crippen LogP contribution < -0.4 is 0 Å². The number of piperazine rings is 1. The monoisotopic (exact) mass is 1890 g/mol. The van der Waals surface area contributed by atoms with Gasteiger partial charge in [0.15, 0.2) is 0 Å². The van der Waals surface area contributed by atoms with Crippen molar-refractivity contribution in [2.45, 2.75) is 508 Å². The SMILES string of the molecule is CC(C)(C)N1C(C)(C)CCCC1(C)C.CC(C)(C)N1CC(F)(F)C1.CC(C)(C)N1CCCC1.CC(C)(C)N1CCCCC1.CC(C)(C)N1CCn2nc(C(F)(F)F)nc2C1.CC(F)(F)c1nnc2n1CCN(C(C)(C)C)C2.CC1(F)CCN(C(C)(C)C)CC1.CC1(O)CCN(C(C)(C)C)CC1.CC1CCN(C(C)(C)C)CC1.CC1CN(C(C)(C)C)C1.CN1CCN(C(C)(C)C)CC1. The van der Waals surface area contributed by atoms with E-state index in [0.29, 0.717) is 96.0 Å². The molecule has 9 saturated heterocycles. The minimum Gasteiger partial charge on any atom is -0.390 e. The third-order valence-electron chi connectivity index (χ3n) is 28.3. The van der Waals surface area contributed by atoms with Crippen LogP contribution in [-0.4, -0.2) is 321 Å². The Morgan fingerprint density at radius 3 is 0.962 bits per heavy atom. The van der Waals surface area contributed by atoms with E-state index in [1.807, 2.05) is 48.5 Å². The maximum absolute atomic E-state index is 13.4. The van der Waals surface area contributed by atoms with Crippen LogP contribution in [0, 0.1) is 11.8 Å². The highest BCUT2D eigenvalue weighted by Crippen LogP contribution is 2.44. The van der Waals surface area contributed by atoms with Crippen molar-refractivity contribution in [3.05, 3.63) is 23.3 Å². The summed E-state index contributed by atoms with van der Waals surface area (Å²) in [5, 5.41) is 20.7. The molecule has 0 aliphatic carbocycles. The third kappa shape index (κ3) is 43.7. The van der Waals surface area contributed by atoms with Crippen molar-refractivity contribution in [3.63, 3.8) is 0 Å². The van der Waals surface area contributed by atoms with Gasteiger partial charge in [0.25, 0.3) is 11.7 Å². The Balaban J connectivity index is 0.000000376. The van der Waals surface area contributed by atoms with Gasteiger partial charge in [-0.3, -0.25) is 53.9 Å². The summed E-state index contributed by atoms with van der Waals surface area (Å²) in [4.78, 5) is 32.3. The highest BCUT2D eigenvalue weighted by Gasteiger charge is 2.49. The number of piperidine rings is 5. The molecule has 9 fully saturated rings.